The lowest BCUT2D eigenvalue weighted by atomic mass is 9.96. The number of para-hydroxylation sites is 1. The average Bonchev–Trinajstić information content (AvgIpc) is 4.00. The van der Waals surface area contributed by atoms with Gasteiger partial charge in [-0.05, 0) is 104 Å². The van der Waals surface area contributed by atoms with Crippen LogP contribution in [0.4, 0.5) is 38.7 Å². The Labute approximate surface area is 373 Å². The lowest BCUT2D eigenvalue weighted by molar-refractivity contribution is 0.0999. The highest BCUT2D eigenvalue weighted by Gasteiger charge is 2.29. The first kappa shape index (κ1) is 40.6. The van der Waals surface area contributed by atoms with Crippen LogP contribution in [0.1, 0.15) is 37.4 Å². The van der Waals surface area contributed by atoms with E-state index in [0.717, 1.165) is 56.1 Å². The zero-order chi connectivity index (χ0) is 43.3. The largest absolute Gasteiger partial charge is 0.331 e. The third kappa shape index (κ3) is 8.99. The van der Waals surface area contributed by atoms with Gasteiger partial charge in [0, 0.05) is 74.9 Å². The third-order valence-corrected chi connectivity index (χ3v) is 12.0. The van der Waals surface area contributed by atoms with E-state index in [-0.39, 0.29) is 11.8 Å². The molecule has 12 heteroatoms. The minimum absolute atomic E-state index is 0.296. The van der Waals surface area contributed by atoms with Gasteiger partial charge in [-0.2, -0.15) is 0 Å². The summed E-state index contributed by atoms with van der Waals surface area (Å²) in [6.07, 6.45) is 7.04. The van der Waals surface area contributed by atoms with Crippen molar-refractivity contribution in [3.8, 4) is 33.6 Å². The Bertz CT molecular complexity index is 3080. The minimum atomic E-state index is -0.385. The van der Waals surface area contributed by atoms with Crippen LogP contribution in [0.2, 0.25) is 0 Å². The molecule has 5 aromatic carbocycles. The van der Waals surface area contributed by atoms with Crippen LogP contribution in [0.15, 0.2) is 169 Å². The fraction of sp³-hybridized carbons (Fsp3) is 0.0588. The molecule has 10 nitrogen and oxygen atoms in total. The lowest BCUT2D eigenvalue weighted by Gasteiger charge is -2.29. The normalized spacial score (nSPS) is 10.9. The maximum atomic E-state index is 15.2. The molecule has 3 N–H and O–H groups in total. The molecule has 0 radical (unpaired) electrons. The number of hydrogen-bond acceptors (Lipinski definition) is 10. The Hall–Kier alpha value is -7.80. The van der Waals surface area contributed by atoms with E-state index in [4.69, 9.17) is 9.97 Å². The molecule has 9 rings (SSSR count). The first-order valence-corrected chi connectivity index (χ1v) is 21.9. The molecule has 0 aliphatic heterocycles. The fourth-order valence-electron chi connectivity index (χ4n) is 7.18. The van der Waals surface area contributed by atoms with Crippen LogP contribution in [0.5, 0.6) is 0 Å². The van der Waals surface area contributed by atoms with E-state index in [2.05, 4.69) is 25.9 Å². The first-order valence-electron chi connectivity index (χ1n) is 20.2. The number of nitrogens with one attached hydrogen (secondary N) is 3. The van der Waals surface area contributed by atoms with E-state index in [1.54, 1.807) is 41.8 Å². The van der Waals surface area contributed by atoms with Gasteiger partial charge in [0.05, 0.1) is 28.3 Å². The maximum Gasteiger partial charge on any atom is 0.262 e. The summed E-state index contributed by atoms with van der Waals surface area (Å²) in [5.41, 5.74) is 11.8. The zero-order valence-electron chi connectivity index (χ0n) is 34.5. The Kier molecular flexibility index (Phi) is 11.6. The summed E-state index contributed by atoms with van der Waals surface area (Å²) in [6, 6.07) is 42.1. The van der Waals surface area contributed by atoms with E-state index in [9.17, 15) is 4.79 Å². The van der Waals surface area contributed by atoms with E-state index >= 15 is 4.79 Å². The highest BCUT2D eigenvalue weighted by molar-refractivity contribution is 7.14. The topological polar surface area (TPSA) is 125 Å². The number of hydrogen-bond donors (Lipinski definition) is 3. The van der Waals surface area contributed by atoms with Crippen molar-refractivity contribution in [2.24, 2.45) is 0 Å². The molecular weight excluding hydrogens is 821 g/mol. The highest BCUT2D eigenvalue weighted by Crippen LogP contribution is 2.42. The highest BCUT2D eigenvalue weighted by atomic mass is 32.1. The molecular formula is C51H40N8O2S2. The molecule has 4 aromatic heterocycles. The molecule has 63 heavy (non-hydrogen) atoms. The monoisotopic (exact) mass is 860 g/mol. The predicted octanol–water partition coefficient (Wildman–Crippen LogP) is 13.0. The zero-order valence-corrected chi connectivity index (χ0v) is 36.2. The Morgan fingerprint density at radius 3 is 1.84 bits per heavy atom. The van der Waals surface area contributed by atoms with Gasteiger partial charge >= 0.3 is 0 Å². The molecule has 2 amide bonds. The van der Waals surface area contributed by atoms with Gasteiger partial charge < -0.3 is 16.0 Å². The van der Waals surface area contributed by atoms with E-state index in [1.165, 1.54) is 22.7 Å². The third-order valence-electron chi connectivity index (χ3n) is 10.4. The Balaban J connectivity index is 1.12. The number of rotatable bonds is 12. The fourth-order valence-corrected chi connectivity index (χ4v) is 8.64. The number of anilines is 7. The van der Waals surface area contributed by atoms with Gasteiger partial charge in [0.25, 0.3) is 11.8 Å². The van der Waals surface area contributed by atoms with Crippen LogP contribution in [0.25, 0.3) is 33.6 Å². The van der Waals surface area contributed by atoms with Gasteiger partial charge in [-0.3, -0.25) is 24.5 Å². The van der Waals surface area contributed by atoms with Crippen molar-refractivity contribution in [3.63, 3.8) is 0 Å². The van der Waals surface area contributed by atoms with Crippen molar-refractivity contribution in [2.75, 3.05) is 20.9 Å². The SMILES string of the molecule is Cc1cccc(C(=O)N(c2ccc(C)c(Nc3nc(-c4cccnc4)cs3)c2)c2c(C(=O)Nc3ccc(C)c(Nc4nc(-c5cccnc5)cs4)c3)cccc2-c2ccccc2)c1. The molecule has 0 aliphatic rings. The van der Waals surface area contributed by atoms with Crippen LogP contribution in [0, 0.1) is 20.8 Å². The van der Waals surface area contributed by atoms with Crippen molar-refractivity contribution in [2.45, 2.75) is 20.8 Å². The number of benzene rings is 5. The molecule has 0 saturated heterocycles. The molecule has 0 unspecified atom stereocenters. The molecule has 0 atom stereocenters. The number of carbonyl (C=O) groups excluding carboxylic acids is 2. The molecule has 0 spiro atoms. The van der Waals surface area contributed by atoms with E-state index < -0.39 is 0 Å². The lowest BCUT2D eigenvalue weighted by Crippen LogP contribution is -2.29. The Morgan fingerprint density at radius 1 is 0.587 bits per heavy atom. The van der Waals surface area contributed by atoms with Crippen molar-refractivity contribution in [1.29, 1.82) is 0 Å². The number of nitrogens with zero attached hydrogens (tertiary/aromatic N) is 5. The Morgan fingerprint density at radius 2 is 1.21 bits per heavy atom. The summed E-state index contributed by atoms with van der Waals surface area (Å²) in [6.45, 7) is 5.96. The second-order valence-corrected chi connectivity index (χ2v) is 16.6. The molecule has 0 saturated carbocycles. The number of carbonyl (C=O) groups is 2. The molecule has 0 aliphatic carbocycles. The van der Waals surface area contributed by atoms with E-state index in [0.29, 0.717) is 44.0 Å². The summed E-state index contributed by atoms with van der Waals surface area (Å²) >= 11 is 2.97. The number of amides is 2. The van der Waals surface area contributed by atoms with Gasteiger partial charge in [-0.25, -0.2) is 9.97 Å². The van der Waals surface area contributed by atoms with Crippen LogP contribution in [-0.2, 0) is 0 Å². The molecule has 4 heterocycles. The maximum absolute atomic E-state index is 15.2. The van der Waals surface area contributed by atoms with Crippen molar-refractivity contribution < 1.29 is 9.59 Å². The molecule has 0 bridgehead atoms. The van der Waals surface area contributed by atoms with Crippen LogP contribution in [0.3, 0.4) is 0 Å². The second kappa shape index (κ2) is 18.0. The standard InChI is InChI=1S/C51H40N8O2S2/c1-32-11-7-14-36(25-32)49(61)59(40-22-20-34(3)44(27-40)56-51-58-46(31-63-51)38-16-10-24-53-29-38)47-41(35-12-5-4-6-13-35)17-8-18-42(47)48(60)54-39-21-19-33(2)43(26-39)55-50-57-45(30-62-50)37-15-9-23-52-28-37/h4-31H,1-3H3,(H,54,60)(H,55,57)(H,56,58). The predicted molar refractivity (Wildman–Crippen MR) is 257 cm³/mol. The minimum Gasteiger partial charge on any atom is -0.331 e. The molecule has 9 aromatic rings. The second-order valence-electron chi connectivity index (χ2n) is 14.9. The van der Waals surface area contributed by atoms with Crippen LogP contribution >= 0.6 is 22.7 Å². The number of aromatic nitrogens is 4. The van der Waals surface area contributed by atoms with Gasteiger partial charge in [0.1, 0.15) is 0 Å². The molecule has 0 fully saturated rings. The summed E-state index contributed by atoms with van der Waals surface area (Å²) in [5.74, 6) is -0.682. The van der Waals surface area contributed by atoms with Gasteiger partial charge in [0.15, 0.2) is 10.3 Å². The number of pyridine rings is 2. The van der Waals surface area contributed by atoms with Crippen molar-refractivity contribution in [3.05, 3.63) is 197 Å². The first-order chi connectivity index (χ1) is 30.8. The smallest absolute Gasteiger partial charge is 0.262 e. The van der Waals surface area contributed by atoms with Gasteiger partial charge in [0.2, 0.25) is 0 Å². The summed E-state index contributed by atoms with van der Waals surface area (Å²) in [7, 11) is 0. The summed E-state index contributed by atoms with van der Waals surface area (Å²) in [4.78, 5) is 49.8. The number of aryl methyl sites for hydroxylation is 3. The van der Waals surface area contributed by atoms with E-state index in [1.807, 2.05) is 153 Å². The van der Waals surface area contributed by atoms with Crippen LogP contribution in [-0.4, -0.2) is 31.8 Å². The molecule has 308 valence electrons. The summed E-state index contributed by atoms with van der Waals surface area (Å²) < 4.78 is 0. The van der Waals surface area contributed by atoms with Gasteiger partial charge in [-0.1, -0.05) is 72.3 Å². The number of thiazole rings is 2. The quantitative estimate of drug-likeness (QED) is 0.111. The summed E-state index contributed by atoms with van der Waals surface area (Å²) in [5, 5.41) is 15.5. The van der Waals surface area contributed by atoms with Gasteiger partial charge in [-0.15, -0.1) is 22.7 Å². The van der Waals surface area contributed by atoms with Crippen molar-refractivity contribution >= 4 is 73.2 Å². The average molecular weight is 861 g/mol. The van der Waals surface area contributed by atoms with Crippen molar-refractivity contribution in [1.82, 2.24) is 19.9 Å². The van der Waals surface area contributed by atoms with Crippen LogP contribution < -0.4 is 20.9 Å².